The van der Waals surface area contributed by atoms with Crippen LogP contribution in [0, 0.1) is 0 Å². The van der Waals surface area contributed by atoms with Crippen LogP contribution in [0.3, 0.4) is 0 Å². The molecule has 0 spiro atoms. The lowest BCUT2D eigenvalue weighted by atomic mass is 10.2. The molecule has 7 heteroatoms. The van der Waals surface area contributed by atoms with Gasteiger partial charge >= 0.3 is 0 Å². The second-order valence-electron chi connectivity index (χ2n) is 5.78. The highest BCUT2D eigenvalue weighted by Crippen LogP contribution is 2.22. The Kier molecular flexibility index (Phi) is 3.90. The van der Waals surface area contributed by atoms with Gasteiger partial charge in [0, 0.05) is 35.5 Å². The summed E-state index contributed by atoms with van der Waals surface area (Å²) in [6.07, 6.45) is 5.59. The molecule has 3 aromatic rings. The van der Waals surface area contributed by atoms with E-state index in [1.54, 1.807) is 30.6 Å². The van der Waals surface area contributed by atoms with E-state index in [0.29, 0.717) is 32.6 Å². The summed E-state index contributed by atoms with van der Waals surface area (Å²) in [4.78, 5) is 23.8. The molecule has 3 heterocycles. The van der Waals surface area contributed by atoms with Gasteiger partial charge < -0.3 is 4.90 Å². The largest absolute Gasteiger partial charge is 0.341 e. The van der Waals surface area contributed by atoms with Crippen molar-refractivity contribution in [2.45, 2.75) is 12.8 Å². The first kappa shape index (κ1) is 15.4. The van der Waals surface area contributed by atoms with Gasteiger partial charge in [-0.05, 0) is 37.1 Å². The smallest absolute Gasteiger partial charge is 0.266 e. The molecule has 4 rings (SSSR count). The van der Waals surface area contributed by atoms with E-state index in [2.05, 4.69) is 14.9 Å². The molecule has 0 aliphatic carbocycles. The lowest BCUT2D eigenvalue weighted by Gasteiger charge is -2.15. The Bertz CT molecular complexity index is 960. The van der Waals surface area contributed by atoms with Crippen LogP contribution in [0.1, 0.15) is 12.8 Å². The molecule has 0 atom stereocenters. The molecule has 1 aliphatic rings. The minimum atomic E-state index is -0.196. The molecule has 0 amide bonds. The summed E-state index contributed by atoms with van der Waals surface area (Å²) >= 11 is 12.1. The van der Waals surface area contributed by atoms with Crippen LogP contribution in [0.15, 0.2) is 41.5 Å². The molecule has 122 valence electrons. The van der Waals surface area contributed by atoms with Crippen LogP contribution in [0.5, 0.6) is 0 Å². The number of pyridine rings is 1. The van der Waals surface area contributed by atoms with Crippen molar-refractivity contribution in [3.63, 3.8) is 0 Å². The molecule has 1 aromatic carbocycles. The van der Waals surface area contributed by atoms with Gasteiger partial charge in [-0.2, -0.15) is 0 Å². The Balaban J connectivity index is 1.83. The van der Waals surface area contributed by atoms with Gasteiger partial charge in [0.25, 0.3) is 5.56 Å². The first-order chi connectivity index (χ1) is 11.6. The fourth-order valence-corrected chi connectivity index (χ4v) is 3.49. The molecule has 2 aromatic heterocycles. The summed E-state index contributed by atoms with van der Waals surface area (Å²) in [7, 11) is 0. The zero-order valence-corrected chi connectivity index (χ0v) is 14.3. The zero-order chi connectivity index (χ0) is 16.7. The number of rotatable bonds is 2. The Morgan fingerprint density at radius 3 is 2.46 bits per heavy atom. The van der Waals surface area contributed by atoms with E-state index in [0.717, 1.165) is 25.9 Å². The van der Waals surface area contributed by atoms with Crippen LogP contribution in [0.2, 0.25) is 10.0 Å². The Morgan fingerprint density at radius 1 is 1.04 bits per heavy atom. The zero-order valence-electron chi connectivity index (χ0n) is 12.7. The Labute approximate surface area is 148 Å². The van der Waals surface area contributed by atoms with Crippen molar-refractivity contribution in [3.05, 3.63) is 57.1 Å². The summed E-state index contributed by atoms with van der Waals surface area (Å²) in [6.45, 7) is 1.92. The molecule has 24 heavy (non-hydrogen) atoms. The van der Waals surface area contributed by atoms with Gasteiger partial charge in [-0.3, -0.25) is 9.36 Å². The van der Waals surface area contributed by atoms with Crippen molar-refractivity contribution in [1.29, 1.82) is 0 Å². The van der Waals surface area contributed by atoms with E-state index >= 15 is 0 Å². The fraction of sp³-hybridized carbons (Fsp3) is 0.235. The molecular weight excluding hydrogens is 347 g/mol. The van der Waals surface area contributed by atoms with Crippen molar-refractivity contribution in [1.82, 2.24) is 14.5 Å². The van der Waals surface area contributed by atoms with E-state index in [1.165, 1.54) is 4.57 Å². The minimum absolute atomic E-state index is 0.196. The van der Waals surface area contributed by atoms with Crippen LogP contribution in [0.25, 0.3) is 16.6 Å². The highest BCUT2D eigenvalue weighted by atomic mass is 35.5. The van der Waals surface area contributed by atoms with Gasteiger partial charge in [0.05, 0.1) is 16.6 Å². The topological polar surface area (TPSA) is 51.0 Å². The first-order valence-corrected chi connectivity index (χ1v) is 8.47. The third-order valence-corrected chi connectivity index (χ3v) is 4.59. The van der Waals surface area contributed by atoms with E-state index < -0.39 is 0 Å². The summed E-state index contributed by atoms with van der Waals surface area (Å²) in [5.74, 6) is 0.683. The molecule has 0 saturated carbocycles. The number of hydrogen-bond donors (Lipinski definition) is 0. The number of anilines is 1. The molecule has 1 aliphatic heterocycles. The standard InChI is InChI=1S/C17H14Cl2N4O/c18-11-7-12(19)9-13(8-11)23-6-3-15-14(16(23)24)10-20-17(21-15)22-4-1-2-5-22/h3,6-10H,1-2,4-5H2. The third-order valence-electron chi connectivity index (χ3n) is 4.15. The maximum absolute atomic E-state index is 12.8. The molecule has 1 fully saturated rings. The average molecular weight is 361 g/mol. The molecule has 0 bridgehead atoms. The van der Waals surface area contributed by atoms with Crippen LogP contribution in [-0.4, -0.2) is 27.6 Å². The second kappa shape index (κ2) is 6.07. The Hall–Kier alpha value is -2.11. The second-order valence-corrected chi connectivity index (χ2v) is 6.65. The predicted molar refractivity (Wildman–Crippen MR) is 96.6 cm³/mol. The number of hydrogen-bond acceptors (Lipinski definition) is 4. The van der Waals surface area contributed by atoms with Crippen LogP contribution >= 0.6 is 23.2 Å². The molecule has 0 N–H and O–H groups in total. The van der Waals surface area contributed by atoms with Gasteiger partial charge in [-0.1, -0.05) is 23.2 Å². The molecule has 1 saturated heterocycles. The molecular formula is C17H14Cl2N4O. The van der Waals surface area contributed by atoms with E-state index in [9.17, 15) is 4.79 Å². The van der Waals surface area contributed by atoms with Gasteiger partial charge in [-0.25, -0.2) is 9.97 Å². The van der Waals surface area contributed by atoms with Crippen molar-refractivity contribution >= 4 is 40.1 Å². The summed E-state index contributed by atoms with van der Waals surface area (Å²) < 4.78 is 1.50. The maximum Gasteiger partial charge on any atom is 0.266 e. The highest BCUT2D eigenvalue weighted by molar-refractivity contribution is 6.34. The van der Waals surface area contributed by atoms with E-state index in [4.69, 9.17) is 23.2 Å². The van der Waals surface area contributed by atoms with Crippen LogP contribution in [0.4, 0.5) is 5.95 Å². The SMILES string of the molecule is O=c1c2cnc(N3CCCC3)nc2ccn1-c1cc(Cl)cc(Cl)c1. The number of aromatic nitrogens is 3. The number of benzene rings is 1. The monoisotopic (exact) mass is 360 g/mol. The van der Waals surface area contributed by atoms with E-state index in [1.807, 2.05) is 6.07 Å². The lowest BCUT2D eigenvalue weighted by Crippen LogP contribution is -2.22. The minimum Gasteiger partial charge on any atom is -0.341 e. The molecule has 0 radical (unpaired) electrons. The van der Waals surface area contributed by atoms with E-state index in [-0.39, 0.29) is 5.56 Å². The maximum atomic E-state index is 12.8. The number of fused-ring (bicyclic) bond motifs is 1. The fourth-order valence-electron chi connectivity index (χ4n) is 2.97. The molecule has 0 unspecified atom stereocenters. The number of halogens is 2. The van der Waals surface area contributed by atoms with Crippen LogP contribution in [-0.2, 0) is 0 Å². The lowest BCUT2D eigenvalue weighted by molar-refractivity contribution is 0.904. The van der Waals surface area contributed by atoms with Crippen molar-refractivity contribution < 1.29 is 0 Å². The number of nitrogens with zero attached hydrogens (tertiary/aromatic N) is 4. The van der Waals surface area contributed by atoms with Crippen molar-refractivity contribution in [2.75, 3.05) is 18.0 Å². The van der Waals surface area contributed by atoms with Crippen molar-refractivity contribution in [3.8, 4) is 5.69 Å². The van der Waals surface area contributed by atoms with Crippen molar-refractivity contribution in [2.24, 2.45) is 0 Å². The van der Waals surface area contributed by atoms with Gasteiger partial charge in [0.2, 0.25) is 5.95 Å². The summed E-state index contributed by atoms with van der Waals surface area (Å²) in [5.41, 5.74) is 1.06. The summed E-state index contributed by atoms with van der Waals surface area (Å²) in [6, 6.07) is 6.83. The quantitative estimate of drug-likeness (QED) is 0.699. The average Bonchev–Trinajstić information content (AvgIpc) is 3.08. The molecule has 5 nitrogen and oxygen atoms in total. The Morgan fingerprint density at radius 2 is 1.75 bits per heavy atom. The third kappa shape index (κ3) is 2.74. The van der Waals surface area contributed by atoms with Gasteiger partial charge in [0.1, 0.15) is 0 Å². The van der Waals surface area contributed by atoms with Crippen LogP contribution < -0.4 is 10.5 Å². The van der Waals surface area contributed by atoms with Gasteiger partial charge in [0.15, 0.2) is 0 Å². The highest BCUT2D eigenvalue weighted by Gasteiger charge is 2.16. The predicted octanol–water partition coefficient (Wildman–Crippen LogP) is 3.69. The van der Waals surface area contributed by atoms with Gasteiger partial charge in [-0.15, -0.1) is 0 Å². The summed E-state index contributed by atoms with van der Waals surface area (Å²) in [5, 5.41) is 1.42. The first-order valence-electron chi connectivity index (χ1n) is 7.72. The normalized spacial score (nSPS) is 14.5.